The van der Waals surface area contributed by atoms with Gasteiger partial charge < -0.3 is 19.6 Å². The molecule has 0 N–H and O–H groups in total. The van der Waals surface area contributed by atoms with Crippen molar-refractivity contribution in [2.75, 3.05) is 61.5 Å². The number of piperazine rings is 1. The fraction of sp³-hybridized carbons (Fsp3) is 0.370. The Morgan fingerprint density at radius 3 is 2.28 bits per heavy atom. The maximum Gasteiger partial charge on any atom is 0.257 e. The molecule has 2 aliphatic heterocycles. The van der Waals surface area contributed by atoms with Gasteiger partial charge in [-0.1, -0.05) is 17.7 Å². The Balaban J connectivity index is 1.34. The van der Waals surface area contributed by atoms with Crippen LogP contribution in [-0.4, -0.2) is 67.6 Å². The van der Waals surface area contributed by atoms with E-state index in [0.29, 0.717) is 18.9 Å². The van der Waals surface area contributed by atoms with E-state index < -0.39 is 17.5 Å². The minimum Gasteiger partial charge on any atom is -0.368 e. The summed E-state index contributed by atoms with van der Waals surface area (Å²) in [5, 5.41) is 0. The normalized spacial score (nSPS) is 15.6. The van der Waals surface area contributed by atoms with Crippen LogP contribution < -0.4 is 14.7 Å². The van der Waals surface area contributed by atoms with Crippen LogP contribution in [0.4, 0.5) is 26.2 Å². The molecular formula is C27H30F2N6O. The predicted molar refractivity (Wildman–Crippen MR) is 137 cm³/mol. The lowest BCUT2D eigenvalue weighted by atomic mass is 10.0. The Morgan fingerprint density at radius 1 is 0.917 bits per heavy atom. The first-order valence-corrected chi connectivity index (χ1v) is 12.2. The molecule has 3 heterocycles. The Morgan fingerprint density at radius 2 is 1.61 bits per heavy atom. The SMILES string of the molecule is Cc1ccc(N2CCN(c3nc4c(c(N(C)C)n3)CN(C(=O)c3ccc(F)cc3F)CC4)CC2)cc1. The zero-order valence-corrected chi connectivity index (χ0v) is 20.8. The van der Waals surface area contributed by atoms with Gasteiger partial charge in [0.2, 0.25) is 5.95 Å². The Bertz CT molecular complexity index is 1270. The monoisotopic (exact) mass is 492 g/mol. The number of anilines is 3. The molecular weight excluding hydrogens is 462 g/mol. The van der Waals surface area contributed by atoms with Crippen molar-refractivity contribution in [3.05, 3.63) is 76.5 Å². The van der Waals surface area contributed by atoms with Crippen molar-refractivity contribution >= 4 is 23.4 Å². The number of carbonyl (C=O) groups excluding carboxylic acids is 1. The largest absolute Gasteiger partial charge is 0.368 e. The molecule has 1 aromatic heterocycles. The smallest absolute Gasteiger partial charge is 0.257 e. The third-order valence-electron chi connectivity index (χ3n) is 6.86. The van der Waals surface area contributed by atoms with E-state index in [9.17, 15) is 13.6 Å². The first-order valence-electron chi connectivity index (χ1n) is 12.2. The second kappa shape index (κ2) is 9.72. The lowest BCUT2D eigenvalue weighted by molar-refractivity contribution is 0.0729. The summed E-state index contributed by atoms with van der Waals surface area (Å²) >= 11 is 0. The first kappa shape index (κ1) is 24.0. The second-order valence-corrected chi connectivity index (χ2v) is 9.58. The van der Waals surface area contributed by atoms with Gasteiger partial charge in [-0.05, 0) is 31.2 Å². The molecule has 2 aliphatic rings. The van der Waals surface area contributed by atoms with Crippen molar-refractivity contribution < 1.29 is 13.6 Å². The zero-order valence-electron chi connectivity index (χ0n) is 20.8. The Kier molecular flexibility index (Phi) is 6.47. The van der Waals surface area contributed by atoms with Gasteiger partial charge in [-0.25, -0.2) is 13.8 Å². The van der Waals surface area contributed by atoms with Crippen molar-refractivity contribution in [2.45, 2.75) is 19.9 Å². The highest BCUT2D eigenvalue weighted by Crippen LogP contribution is 2.30. The molecule has 5 rings (SSSR count). The molecule has 1 fully saturated rings. The number of carbonyl (C=O) groups is 1. The number of hydrogen-bond donors (Lipinski definition) is 0. The molecule has 0 aliphatic carbocycles. The highest BCUT2D eigenvalue weighted by molar-refractivity contribution is 5.94. The van der Waals surface area contributed by atoms with Crippen LogP contribution in [-0.2, 0) is 13.0 Å². The minimum absolute atomic E-state index is 0.129. The highest BCUT2D eigenvalue weighted by Gasteiger charge is 2.29. The van der Waals surface area contributed by atoms with Gasteiger partial charge in [0.05, 0.1) is 17.8 Å². The minimum atomic E-state index is -0.852. The van der Waals surface area contributed by atoms with E-state index >= 15 is 0 Å². The van der Waals surface area contributed by atoms with E-state index in [1.54, 1.807) is 4.90 Å². The van der Waals surface area contributed by atoms with Crippen LogP contribution in [0.2, 0.25) is 0 Å². The summed E-state index contributed by atoms with van der Waals surface area (Å²) in [6, 6.07) is 11.6. The van der Waals surface area contributed by atoms with Gasteiger partial charge in [0.15, 0.2) is 0 Å². The van der Waals surface area contributed by atoms with E-state index in [0.717, 1.165) is 55.4 Å². The van der Waals surface area contributed by atoms with Crippen molar-refractivity contribution in [1.29, 1.82) is 0 Å². The predicted octanol–water partition coefficient (Wildman–Crippen LogP) is 3.65. The quantitative estimate of drug-likeness (QED) is 0.554. The third-order valence-corrected chi connectivity index (χ3v) is 6.86. The molecule has 0 radical (unpaired) electrons. The van der Waals surface area contributed by atoms with Crippen molar-refractivity contribution in [3.63, 3.8) is 0 Å². The summed E-state index contributed by atoms with van der Waals surface area (Å²) < 4.78 is 27.6. The van der Waals surface area contributed by atoms with E-state index in [-0.39, 0.29) is 12.1 Å². The molecule has 0 saturated carbocycles. The van der Waals surface area contributed by atoms with E-state index in [4.69, 9.17) is 9.97 Å². The Labute approximate surface area is 210 Å². The number of rotatable bonds is 4. The topological polar surface area (TPSA) is 55.8 Å². The van der Waals surface area contributed by atoms with Gasteiger partial charge in [-0.2, -0.15) is 4.98 Å². The van der Waals surface area contributed by atoms with Gasteiger partial charge in [-0.3, -0.25) is 4.79 Å². The van der Waals surface area contributed by atoms with Crippen LogP contribution in [0.1, 0.15) is 27.2 Å². The lowest BCUT2D eigenvalue weighted by Crippen LogP contribution is -2.47. The number of amides is 1. The van der Waals surface area contributed by atoms with Crippen LogP contribution in [0.5, 0.6) is 0 Å². The van der Waals surface area contributed by atoms with Crippen LogP contribution in [0.25, 0.3) is 0 Å². The number of aryl methyl sites for hydroxylation is 1. The number of halogens is 2. The van der Waals surface area contributed by atoms with Crippen molar-refractivity contribution in [2.24, 2.45) is 0 Å². The number of benzene rings is 2. The van der Waals surface area contributed by atoms with Crippen LogP contribution in [0.15, 0.2) is 42.5 Å². The number of aromatic nitrogens is 2. The molecule has 2 aromatic carbocycles. The van der Waals surface area contributed by atoms with Crippen molar-refractivity contribution in [1.82, 2.24) is 14.9 Å². The summed E-state index contributed by atoms with van der Waals surface area (Å²) in [6.45, 7) is 6.17. The van der Waals surface area contributed by atoms with Crippen molar-refractivity contribution in [3.8, 4) is 0 Å². The maximum absolute atomic E-state index is 14.2. The van der Waals surface area contributed by atoms with Gasteiger partial charge in [0.25, 0.3) is 5.91 Å². The molecule has 9 heteroatoms. The Hall–Kier alpha value is -3.75. The van der Waals surface area contributed by atoms with E-state index in [1.165, 1.54) is 17.3 Å². The summed E-state index contributed by atoms with van der Waals surface area (Å²) in [4.78, 5) is 30.9. The van der Waals surface area contributed by atoms with Crippen LogP contribution >= 0.6 is 0 Å². The molecule has 0 unspecified atom stereocenters. The molecule has 188 valence electrons. The van der Waals surface area contributed by atoms with Gasteiger partial charge in [0, 0.05) is 70.6 Å². The summed E-state index contributed by atoms with van der Waals surface area (Å²) in [6.07, 6.45) is 0.545. The number of fused-ring (bicyclic) bond motifs is 1. The van der Waals surface area contributed by atoms with Crippen LogP contribution in [0, 0.1) is 18.6 Å². The molecule has 7 nitrogen and oxygen atoms in total. The summed E-state index contributed by atoms with van der Waals surface area (Å²) in [5.41, 5.74) is 4.12. The van der Waals surface area contributed by atoms with E-state index in [1.807, 2.05) is 19.0 Å². The average molecular weight is 493 g/mol. The molecule has 1 saturated heterocycles. The van der Waals surface area contributed by atoms with Gasteiger partial charge >= 0.3 is 0 Å². The lowest BCUT2D eigenvalue weighted by Gasteiger charge is -2.37. The molecule has 36 heavy (non-hydrogen) atoms. The third kappa shape index (κ3) is 4.69. The highest BCUT2D eigenvalue weighted by atomic mass is 19.1. The van der Waals surface area contributed by atoms with Gasteiger partial charge in [-0.15, -0.1) is 0 Å². The maximum atomic E-state index is 14.2. The second-order valence-electron chi connectivity index (χ2n) is 9.58. The van der Waals surface area contributed by atoms with E-state index in [2.05, 4.69) is 41.0 Å². The average Bonchev–Trinajstić information content (AvgIpc) is 2.88. The molecule has 0 bridgehead atoms. The first-order chi connectivity index (χ1) is 17.3. The molecule has 0 spiro atoms. The number of hydrogen-bond acceptors (Lipinski definition) is 6. The fourth-order valence-corrected chi connectivity index (χ4v) is 4.82. The molecule has 3 aromatic rings. The fourth-order valence-electron chi connectivity index (χ4n) is 4.82. The number of nitrogens with zero attached hydrogens (tertiary/aromatic N) is 6. The molecule has 1 amide bonds. The zero-order chi connectivity index (χ0) is 25.4. The van der Waals surface area contributed by atoms with Gasteiger partial charge in [0.1, 0.15) is 17.5 Å². The standard InChI is InChI=1S/C27H30F2N6O/c1-18-4-7-20(8-5-18)33-12-14-34(15-13-33)27-30-24-10-11-35(17-22(24)25(31-27)32(2)3)26(36)21-9-6-19(28)16-23(21)29/h4-9,16H,10-15,17H2,1-3H3. The summed E-state index contributed by atoms with van der Waals surface area (Å²) in [5.74, 6) is -0.559. The van der Waals surface area contributed by atoms with Crippen LogP contribution in [0.3, 0.4) is 0 Å². The molecule has 0 atom stereocenters. The summed E-state index contributed by atoms with van der Waals surface area (Å²) in [7, 11) is 3.84.